The topological polar surface area (TPSA) is 15.3 Å². The Kier molecular flexibility index (Phi) is 3.06. The second kappa shape index (κ2) is 4.68. The first-order valence-corrected chi connectivity index (χ1v) is 7.22. The molecule has 2 nitrogen and oxygen atoms in total. The molecule has 1 fully saturated rings. The van der Waals surface area contributed by atoms with Gasteiger partial charge in [0.15, 0.2) is 0 Å². The van der Waals surface area contributed by atoms with Crippen LogP contribution in [0.2, 0.25) is 0 Å². The Bertz CT molecular complexity index is 336. The average molecular weight is 234 g/mol. The van der Waals surface area contributed by atoms with E-state index in [1.807, 2.05) is 0 Å². The van der Waals surface area contributed by atoms with Gasteiger partial charge < -0.3 is 5.32 Å². The number of rotatable bonds is 2. The van der Waals surface area contributed by atoms with Gasteiger partial charge in [0.25, 0.3) is 0 Å². The highest BCUT2D eigenvalue weighted by atomic mass is 32.2. The van der Waals surface area contributed by atoms with Gasteiger partial charge >= 0.3 is 0 Å². The molecule has 0 spiro atoms. The van der Waals surface area contributed by atoms with Crippen LogP contribution in [0, 0.1) is 0 Å². The fourth-order valence-corrected chi connectivity index (χ4v) is 3.56. The quantitative estimate of drug-likeness (QED) is 0.843. The number of hydrogen-bond acceptors (Lipinski definition) is 3. The van der Waals surface area contributed by atoms with E-state index in [-0.39, 0.29) is 0 Å². The molecule has 2 aliphatic heterocycles. The van der Waals surface area contributed by atoms with Crippen molar-refractivity contribution < 1.29 is 0 Å². The molecule has 0 amide bonds. The summed E-state index contributed by atoms with van der Waals surface area (Å²) in [6, 6.07) is 9.32. The van der Waals surface area contributed by atoms with Crippen molar-refractivity contribution in [3.8, 4) is 0 Å². The Morgan fingerprint density at radius 1 is 1.25 bits per heavy atom. The molecule has 1 atom stereocenters. The number of para-hydroxylation sites is 1. The maximum absolute atomic E-state index is 3.63. The summed E-state index contributed by atoms with van der Waals surface area (Å²) >= 11 is 2.08. The number of anilines is 1. The van der Waals surface area contributed by atoms with Crippen LogP contribution >= 0.6 is 11.8 Å². The average Bonchev–Trinajstić information content (AvgIpc) is 2.72. The van der Waals surface area contributed by atoms with Crippen LogP contribution in [-0.2, 0) is 6.42 Å². The minimum absolute atomic E-state index is 0.625. The molecule has 1 aromatic carbocycles. The van der Waals surface area contributed by atoms with E-state index in [1.165, 1.54) is 48.8 Å². The summed E-state index contributed by atoms with van der Waals surface area (Å²) in [6.07, 6.45) is 1.19. The molecule has 1 unspecified atom stereocenters. The van der Waals surface area contributed by atoms with E-state index in [0.717, 1.165) is 0 Å². The summed E-state index contributed by atoms with van der Waals surface area (Å²) in [7, 11) is 0. The highest BCUT2D eigenvalue weighted by Gasteiger charge is 2.22. The number of nitrogens with one attached hydrogen (secondary N) is 1. The lowest BCUT2D eigenvalue weighted by Crippen LogP contribution is -2.40. The smallest absolute Gasteiger partial charge is 0.0429 e. The van der Waals surface area contributed by atoms with Gasteiger partial charge in [-0.05, 0) is 18.1 Å². The van der Waals surface area contributed by atoms with E-state index in [4.69, 9.17) is 0 Å². The van der Waals surface area contributed by atoms with Crippen LogP contribution in [0.4, 0.5) is 5.69 Å². The molecule has 0 aromatic heterocycles. The third-order valence-corrected chi connectivity index (χ3v) is 4.37. The van der Waals surface area contributed by atoms with E-state index >= 15 is 0 Å². The van der Waals surface area contributed by atoms with Crippen LogP contribution in [0.15, 0.2) is 24.3 Å². The largest absolute Gasteiger partial charge is 0.380 e. The first-order chi connectivity index (χ1) is 7.92. The molecule has 0 bridgehead atoms. The van der Waals surface area contributed by atoms with Gasteiger partial charge in [0.2, 0.25) is 0 Å². The monoisotopic (exact) mass is 234 g/mol. The molecule has 3 heteroatoms. The van der Waals surface area contributed by atoms with Gasteiger partial charge in [-0.2, -0.15) is 11.8 Å². The zero-order valence-electron chi connectivity index (χ0n) is 9.48. The Morgan fingerprint density at radius 3 is 2.88 bits per heavy atom. The minimum Gasteiger partial charge on any atom is -0.380 e. The Labute approximate surface area is 101 Å². The summed E-state index contributed by atoms with van der Waals surface area (Å²) in [6.45, 7) is 3.73. The van der Waals surface area contributed by atoms with Gasteiger partial charge in [-0.15, -0.1) is 0 Å². The van der Waals surface area contributed by atoms with E-state index in [9.17, 15) is 0 Å². The van der Waals surface area contributed by atoms with Crippen molar-refractivity contribution in [1.82, 2.24) is 4.90 Å². The van der Waals surface area contributed by atoms with Gasteiger partial charge in [-0.3, -0.25) is 4.90 Å². The van der Waals surface area contributed by atoms with Crippen LogP contribution in [0.3, 0.4) is 0 Å². The van der Waals surface area contributed by atoms with Crippen LogP contribution in [0.1, 0.15) is 5.56 Å². The lowest BCUT2D eigenvalue weighted by molar-refractivity contribution is 0.290. The second-order valence-electron chi connectivity index (χ2n) is 4.62. The van der Waals surface area contributed by atoms with Crippen molar-refractivity contribution >= 4 is 17.4 Å². The number of fused-ring (bicyclic) bond motifs is 1. The number of thioether (sulfide) groups is 1. The molecule has 1 aromatic rings. The number of benzene rings is 1. The molecule has 2 heterocycles. The summed E-state index contributed by atoms with van der Waals surface area (Å²) in [5, 5.41) is 3.63. The molecule has 16 heavy (non-hydrogen) atoms. The van der Waals surface area contributed by atoms with Crippen molar-refractivity contribution in [2.45, 2.75) is 12.5 Å². The van der Waals surface area contributed by atoms with Gasteiger partial charge in [-0.1, -0.05) is 18.2 Å². The van der Waals surface area contributed by atoms with E-state index < -0.39 is 0 Å². The Hall–Kier alpha value is -0.670. The highest BCUT2D eigenvalue weighted by molar-refractivity contribution is 7.99. The Balaban J connectivity index is 1.59. The zero-order chi connectivity index (χ0) is 10.8. The van der Waals surface area contributed by atoms with Crippen LogP contribution in [0.5, 0.6) is 0 Å². The molecule has 3 rings (SSSR count). The maximum Gasteiger partial charge on any atom is 0.0429 e. The fourth-order valence-electron chi connectivity index (χ4n) is 2.58. The van der Waals surface area contributed by atoms with Crippen molar-refractivity contribution in [3.63, 3.8) is 0 Å². The van der Waals surface area contributed by atoms with Gasteiger partial charge in [0.1, 0.15) is 0 Å². The molecule has 0 saturated carbocycles. The molecular formula is C13H18N2S. The zero-order valence-corrected chi connectivity index (χ0v) is 10.3. The standard InChI is InChI=1S/C13H18N2S/c1-2-4-13-11(3-1)9-12(14-13)10-15-5-7-16-8-6-15/h1-4,12,14H,5-10H2. The van der Waals surface area contributed by atoms with Crippen molar-refractivity contribution in [2.24, 2.45) is 0 Å². The van der Waals surface area contributed by atoms with E-state index in [2.05, 4.69) is 46.2 Å². The van der Waals surface area contributed by atoms with Crippen LogP contribution in [-0.4, -0.2) is 42.1 Å². The maximum atomic E-state index is 3.63. The minimum atomic E-state index is 0.625. The molecular weight excluding hydrogens is 216 g/mol. The lowest BCUT2D eigenvalue weighted by Gasteiger charge is -2.28. The fraction of sp³-hybridized carbons (Fsp3) is 0.538. The van der Waals surface area contributed by atoms with Crippen molar-refractivity contribution in [1.29, 1.82) is 0 Å². The predicted octanol–water partition coefficient (Wildman–Crippen LogP) is 2.07. The summed E-state index contributed by atoms with van der Waals surface area (Å²) in [5.74, 6) is 2.61. The second-order valence-corrected chi connectivity index (χ2v) is 5.84. The van der Waals surface area contributed by atoms with Gasteiger partial charge in [0, 0.05) is 42.9 Å². The first-order valence-electron chi connectivity index (χ1n) is 6.06. The molecule has 1 N–H and O–H groups in total. The van der Waals surface area contributed by atoms with Crippen LogP contribution < -0.4 is 5.32 Å². The van der Waals surface area contributed by atoms with Crippen molar-refractivity contribution in [2.75, 3.05) is 36.5 Å². The third kappa shape index (κ3) is 2.20. The van der Waals surface area contributed by atoms with E-state index in [0.29, 0.717) is 6.04 Å². The normalized spacial score (nSPS) is 25.1. The number of hydrogen-bond donors (Lipinski definition) is 1. The summed E-state index contributed by atoms with van der Waals surface area (Å²) in [5.41, 5.74) is 2.83. The molecule has 2 aliphatic rings. The molecule has 0 radical (unpaired) electrons. The highest BCUT2D eigenvalue weighted by Crippen LogP contribution is 2.25. The molecule has 86 valence electrons. The van der Waals surface area contributed by atoms with Crippen LogP contribution in [0.25, 0.3) is 0 Å². The molecule has 1 saturated heterocycles. The SMILES string of the molecule is c1ccc2c(c1)CC(CN1CCSCC1)N2. The lowest BCUT2D eigenvalue weighted by atomic mass is 10.1. The van der Waals surface area contributed by atoms with Crippen molar-refractivity contribution in [3.05, 3.63) is 29.8 Å². The predicted molar refractivity (Wildman–Crippen MR) is 71.3 cm³/mol. The third-order valence-electron chi connectivity index (χ3n) is 3.43. The number of nitrogens with zero attached hydrogens (tertiary/aromatic N) is 1. The van der Waals surface area contributed by atoms with E-state index in [1.54, 1.807) is 0 Å². The van der Waals surface area contributed by atoms with Gasteiger partial charge in [-0.25, -0.2) is 0 Å². The summed E-state index contributed by atoms with van der Waals surface area (Å²) < 4.78 is 0. The molecule has 0 aliphatic carbocycles. The Morgan fingerprint density at radius 2 is 2.06 bits per heavy atom. The first kappa shape index (κ1) is 10.5. The van der Waals surface area contributed by atoms with Gasteiger partial charge in [0.05, 0.1) is 0 Å². The summed E-state index contributed by atoms with van der Waals surface area (Å²) in [4.78, 5) is 2.60.